The van der Waals surface area contributed by atoms with Gasteiger partial charge in [-0.15, -0.1) is 13.2 Å². The standard InChI is InChI=1S/C22H15F3N2O3S2/c23-22(24,25)30-16-6-8-17(26-13-16)18-9-7-15(29-18)12-19-20(28)27(21(31)32-19)11-10-14-4-2-1-3-5-14/h1-9,12-13H,10-11H2/b19-12-. The Balaban J connectivity index is 1.43. The summed E-state index contributed by atoms with van der Waals surface area (Å²) in [6.07, 6.45) is -1.55. The summed E-state index contributed by atoms with van der Waals surface area (Å²) in [6.45, 7) is 0.478. The maximum absolute atomic E-state index is 12.8. The Morgan fingerprint density at radius 2 is 1.91 bits per heavy atom. The quantitative estimate of drug-likeness (QED) is 0.337. The number of alkyl halides is 3. The Bertz CT molecular complexity index is 1160. The van der Waals surface area contributed by atoms with E-state index in [4.69, 9.17) is 16.6 Å². The number of ether oxygens (including phenoxy) is 1. The lowest BCUT2D eigenvalue weighted by Crippen LogP contribution is -2.30. The highest BCUT2D eigenvalue weighted by Gasteiger charge is 2.32. The molecular formula is C22H15F3N2O3S2. The zero-order valence-electron chi connectivity index (χ0n) is 16.3. The maximum Gasteiger partial charge on any atom is 0.573 e. The van der Waals surface area contributed by atoms with Crippen LogP contribution >= 0.6 is 24.0 Å². The first-order valence-corrected chi connectivity index (χ1v) is 10.6. The van der Waals surface area contributed by atoms with Crippen molar-refractivity contribution in [2.24, 2.45) is 0 Å². The lowest BCUT2D eigenvalue weighted by Gasteiger charge is -2.14. The van der Waals surface area contributed by atoms with Crippen LogP contribution in [0.2, 0.25) is 0 Å². The lowest BCUT2D eigenvalue weighted by atomic mass is 10.1. The Morgan fingerprint density at radius 3 is 2.59 bits per heavy atom. The summed E-state index contributed by atoms with van der Waals surface area (Å²) in [5.74, 6) is 0.128. The van der Waals surface area contributed by atoms with E-state index in [1.54, 1.807) is 23.1 Å². The van der Waals surface area contributed by atoms with Crippen molar-refractivity contribution in [3.05, 3.63) is 77.0 Å². The molecule has 0 bridgehead atoms. The van der Waals surface area contributed by atoms with Crippen molar-refractivity contribution >= 4 is 40.3 Å². The summed E-state index contributed by atoms with van der Waals surface area (Å²) in [5, 5.41) is 0. The summed E-state index contributed by atoms with van der Waals surface area (Å²) < 4.78 is 46.8. The highest BCUT2D eigenvalue weighted by molar-refractivity contribution is 8.26. The summed E-state index contributed by atoms with van der Waals surface area (Å²) in [5.41, 5.74) is 1.44. The van der Waals surface area contributed by atoms with Crippen molar-refractivity contribution in [2.75, 3.05) is 6.54 Å². The van der Waals surface area contributed by atoms with Crippen LogP contribution in [-0.2, 0) is 11.2 Å². The van der Waals surface area contributed by atoms with Crippen LogP contribution in [0.15, 0.2) is 70.1 Å². The van der Waals surface area contributed by atoms with E-state index in [1.165, 1.54) is 17.8 Å². The summed E-state index contributed by atoms with van der Waals surface area (Å²) in [4.78, 5) is 18.7. The number of pyridine rings is 1. The number of aromatic nitrogens is 1. The number of hydrogen-bond donors (Lipinski definition) is 0. The van der Waals surface area contributed by atoms with Gasteiger partial charge in [-0.2, -0.15) is 0 Å². The number of thiocarbonyl (C=S) groups is 1. The zero-order valence-corrected chi connectivity index (χ0v) is 18.0. The number of amides is 1. The first kappa shape index (κ1) is 22.1. The Morgan fingerprint density at radius 1 is 1.12 bits per heavy atom. The molecule has 32 heavy (non-hydrogen) atoms. The van der Waals surface area contributed by atoms with Crippen LogP contribution in [0.3, 0.4) is 0 Å². The van der Waals surface area contributed by atoms with Gasteiger partial charge in [-0.05, 0) is 36.2 Å². The summed E-state index contributed by atoms with van der Waals surface area (Å²) in [6, 6.07) is 15.6. The van der Waals surface area contributed by atoms with Gasteiger partial charge in [0, 0.05) is 12.6 Å². The lowest BCUT2D eigenvalue weighted by molar-refractivity contribution is -0.274. The third kappa shape index (κ3) is 5.38. The first-order valence-electron chi connectivity index (χ1n) is 9.40. The zero-order chi connectivity index (χ0) is 22.7. The van der Waals surface area contributed by atoms with Crippen molar-refractivity contribution < 1.29 is 27.1 Å². The van der Waals surface area contributed by atoms with Gasteiger partial charge in [0.2, 0.25) is 0 Å². The van der Waals surface area contributed by atoms with Gasteiger partial charge in [0.15, 0.2) is 5.76 Å². The summed E-state index contributed by atoms with van der Waals surface area (Å²) in [7, 11) is 0. The molecule has 1 aliphatic heterocycles. The minimum atomic E-state index is -4.78. The number of thioether (sulfide) groups is 1. The van der Waals surface area contributed by atoms with Crippen molar-refractivity contribution in [1.29, 1.82) is 0 Å². The Hall–Kier alpha value is -3.11. The van der Waals surface area contributed by atoms with Gasteiger partial charge in [0.05, 0.1) is 11.1 Å². The summed E-state index contributed by atoms with van der Waals surface area (Å²) >= 11 is 6.55. The van der Waals surface area contributed by atoms with Crippen LogP contribution in [0.1, 0.15) is 11.3 Å². The van der Waals surface area contributed by atoms with Gasteiger partial charge >= 0.3 is 6.36 Å². The van der Waals surface area contributed by atoms with E-state index in [0.717, 1.165) is 17.8 Å². The predicted molar refractivity (Wildman–Crippen MR) is 119 cm³/mol. The normalized spacial score (nSPS) is 15.6. The number of carbonyl (C=O) groups excluding carboxylic acids is 1. The molecule has 1 saturated heterocycles. The van der Waals surface area contributed by atoms with Gasteiger partial charge in [0.1, 0.15) is 21.5 Å². The number of rotatable bonds is 6. The monoisotopic (exact) mass is 476 g/mol. The molecule has 1 aromatic carbocycles. The third-order valence-electron chi connectivity index (χ3n) is 4.46. The van der Waals surface area contributed by atoms with Crippen molar-refractivity contribution in [3.8, 4) is 17.2 Å². The molecule has 5 nitrogen and oxygen atoms in total. The minimum absolute atomic E-state index is 0.194. The molecule has 0 aliphatic carbocycles. The molecule has 1 aliphatic rings. The molecule has 1 fully saturated rings. The fourth-order valence-corrected chi connectivity index (χ4v) is 4.28. The molecule has 0 saturated carbocycles. The second kappa shape index (κ2) is 9.17. The van der Waals surface area contributed by atoms with Gasteiger partial charge in [-0.3, -0.25) is 9.69 Å². The molecule has 164 valence electrons. The van der Waals surface area contributed by atoms with E-state index >= 15 is 0 Å². The highest BCUT2D eigenvalue weighted by Crippen LogP contribution is 2.34. The number of benzene rings is 1. The van der Waals surface area contributed by atoms with Crippen LogP contribution in [0.4, 0.5) is 13.2 Å². The molecular weight excluding hydrogens is 461 g/mol. The number of nitrogens with zero attached hydrogens (tertiary/aromatic N) is 2. The molecule has 0 radical (unpaired) electrons. The van der Waals surface area contributed by atoms with E-state index < -0.39 is 12.1 Å². The topological polar surface area (TPSA) is 55.6 Å². The number of hydrogen-bond acceptors (Lipinski definition) is 6. The molecule has 1 amide bonds. The smallest absolute Gasteiger partial charge is 0.455 e. The number of halogens is 3. The minimum Gasteiger partial charge on any atom is -0.455 e. The van der Waals surface area contributed by atoms with Crippen molar-refractivity contribution in [2.45, 2.75) is 12.8 Å². The van der Waals surface area contributed by atoms with Crippen molar-refractivity contribution in [1.82, 2.24) is 9.88 Å². The largest absolute Gasteiger partial charge is 0.573 e. The van der Waals surface area contributed by atoms with Gasteiger partial charge in [0.25, 0.3) is 5.91 Å². The van der Waals surface area contributed by atoms with Crippen LogP contribution in [0.5, 0.6) is 5.75 Å². The molecule has 2 aromatic heterocycles. The second-order valence-corrected chi connectivity index (χ2v) is 8.37. The SMILES string of the molecule is O=C1/C(=C/c2ccc(-c3ccc(OC(F)(F)F)cn3)o2)SC(=S)N1CCc1ccccc1. The van der Waals surface area contributed by atoms with Crippen molar-refractivity contribution in [3.63, 3.8) is 0 Å². The van der Waals surface area contributed by atoms with Gasteiger partial charge < -0.3 is 9.15 Å². The first-order chi connectivity index (χ1) is 15.3. The van der Waals surface area contributed by atoms with E-state index in [9.17, 15) is 18.0 Å². The molecule has 10 heteroatoms. The van der Waals surface area contributed by atoms with Gasteiger partial charge in [-0.1, -0.05) is 54.3 Å². The molecule has 0 spiro atoms. The fraction of sp³-hybridized carbons (Fsp3) is 0.136. The average molecular weight is 477 g/mol. The molecule has 4 rings (SSSR count). The fourth-order valence-electron chi connectivity index (χ4n) is 3.00. The Kier molecular flexibility index (Phi) is 6.33. The van der Waals surface area contributed by atoms with Crippen LogP contribution in [0.25, 0.3) is 17.5 Å². The van der Waals surface area contributed by atoms with E-state index in [-0.39, 0.29) is 5.91 Å². The highest BCUT2D eigenvalue weighted by atomic mass is 32.2. The third-order valence-corrected chi connectivity index (χ3v) is 5.84. The predicted octanol–water partition coefficient (Wildman–Crippen LogP) is 5.68. The average Bonchev–Trinajstić information content (AvgIpc) is 3.32. The van der Waals surface area contributed by atoms with E-state index in [0.29, 0.717) is 39.4 Å². The molecule has 3 aromatic rings. The van der Waals surface area contributed by atoms with Crippen LogP contribution < -0.4 is 4.74 Å². The molecule has 3 heterocycles. The van der Waals surface area contributed by atoms with E-state index in [2.05, 4.69) is 9.72 Å². The van der Waals surface area contributed by atoms with Crippen LogP contribution in [-0.4, -0.2) is 33.0 Å². The van der Waals surface area contributed by atoms with E-state index in [1.807, 2.05) is 30.3 Å². The number of furan rings is 1. The van der Waals surface area contributed by atoms with Crippen LogP contribution in [0, 0.1) is 0 Å². The molecule has 0 N–H and O–H groups in total. The van der Waals surface area contributed by atoms with Gasteiger partial charge in [-0.25, -0.2) is 4.98 Å². The molecule has 0 atom stereocenters. The number of carbonyl (C=O) groups is 1. The Labute approximate surface area is 190 Å². The maximum atomic E-state index is 12.8. The molecule has 0 unspecified atom stereocenters. The second-order valence-electron chi connectivity index (χ2n) is 6.70.